The van der Waals surface area contributed by atoms with Gasteiger partial charge in [-0.1, -0.05) is 13.0 Å². The summed E-state index contributed by atoms with van der Waals surface area (Å²) in [5.41, 5.74) is 4.86. The van der Waals surface area contributed by atoms with E-state index >= 15 is 0 Å². The Bertz CT molecular complexity index is 571. The molecular weight excluding hydrogens is 307 g/mol. The number of benzene rings is 1. The second kappa shape index (κ2) is 7.13. The molecule has 0 heterocycles. The fraction of sp³-hybridized carbons (Fsp3) is 0.538. The largest absolute Gasteiger partial charge is 0.492 e. The summed E-state index contributed by atoms with van der Waals surface area (Å²) in [5, 5.41) is 0. The number of alkyl halides is 3. The third-order valence-electron chi connectivity index (χ3n) is 2.87. The lowest BCUT2D eigenvalue weighted by atomic mass is 10.1. The quantitative estimate of drug-likeness (QED) is 0.833. The highest BCUT2D eigenvalue weighted by Gasteiger charge is 2.34. The van der Waals surface area contributed by atoms with Crippen molar-refractivity contribution >= 4 is 9.84 Å². The Labute approximate surface area is 122 Å². The van der Waals surface area contributed by atoms with E-state index in [0.717, 1.165) is 6.07 Å². The van der Waals surface area contributed by atoms with Crippen molar-refractivity contribution < 1.29 is 26.3 Å². The SMILES string of the molecule is CCS(=O)(=O)CCOc1ccc(CCN)cc1C(F)(F)F. The fourth-order valence-corrected chi connectivity index (χ4v) is 2.30. The van der Waals surface area contributed by atoms with Crippen molar-refractivity contribution in [1.29, 1.82) is 0 Å². The van der Waals surface area contributed by atoms with E-state index in [1.54, 1.807) is 0 Å². The van der Waals surface area contributed by atoms with Crippen LogP contribution in [-0.2, 0) is 22.4 Å². The van der Waals surface area contributed by atoms with Crippen molar-refractivity contribution in [2.24, 2.45) is 5.73 Å². The topological polar surface area (TPSA) is 69.4 Å². The number of halogens is 3. The number of ether oxygens (including phenoxy) is 1. The Balaban J connectivity index is 2.91. The standard InChI is InChI=1S/C13H18F3NO3S/c1-2-21(18,19)8-7-20-12-4-3-10(5-6-17)9-11(12)13(14,15)16/h3-4,9H,2,5-8,17H2,1H3. The number of hydrogen-bond acceptors (Lipinski definition) is 4. The lowest BCUT2D eigenvalue weighted by Gasteiger charge is -2.15. The second-order valence-corrected chi connectivity index (χ2v) is 6.92. The Hall–Kier alpha value is -1.28. The van der Waals surface area contributed by atoms with E-state index in [1.807, 2.05) is 0 Å². The Morgan fingerprint density at radius 2 is 1.95 bits per heavy atom. The van der Waals surface area contributed by atoms with E-state index < -0.39 is 21.6 Å². The summed E-state index contributed by atoms with van der Waals surface area (Å²) in [7, 11) is -3.28. The zero-order chi connectivity index (χ0) is 16.1. The molecule has 120 valence electrons. The van der Waals surface area contributed by atoms with Crippen LogP contribution in [0.2, 0.25) is 0 Å². The van der Waals surface area contributed by atoms with Gasteiger partial charge < -0.3 is 10.5 Å². The molecule has 0 aliphatic carbocycles. The summed E-state index contributed by atoms with van der Waals surface area (Å²) in [4.78, 5) is 0. The minimum atomic E-state index is -4.57. The molecule has 4 nitrogen and oxygen atoms in total. The van der Waals surface area contributed by atoms with Crippen molar-refractivity contribution in [1.82, 2.24) is 0 Å². The fourth-order valence-electron chi connectivity index (χ4n) is 1.67. The van der Waals surface area contributed by atoms with Gasteiger partial charge in [-0.15, -0.1) is 0 Å². The van der Waals surface area contributed by atoms with E-state index in [0.29, 0.717) is 12.0 Å². The molecule has 0 saturated carbocycles. The average Bonchev–Trinajstić information content (AvgIpc) is 2.39. The number of hydrogen-bond donors (Lipinski definition) is 1. The van der Waals surface area contributed by atoms with Crippen molar-refractivity contribution in [2.75, 3.05) is 24.7 Å². The molecule has 0 aromatic heterocycles. The molecule has 0 saturated heterocycles. The summed E-state index contributed by atoms with van der Waals surface area (Å²) >= 11 is 0. The summed E-state index contributed by atoms with van der Waals surface area (Å²) in [6, 6.07) is 3.68. The normalized spacial score (nSPS) is 12.4. The maximum Gasteiger partial charge on any atom is 0.419 e. The molecule has 0 aliphatic rings. The Morgan fingerprint density at radius 1 is 1.29 bits per heavy atom. The van der Waals surface area contributed by atoms with Crippen molar-refractivity contribution in [3.05, 3.63) is 29.3 Å². The predicted molar refractivity (Wildman–Crippen MR) is 74.0 cm³/mol. The van der Waals surface area contributed by atoms with Gasteiger partial charge in [-0.2, -0.15) is 13.2 Å². The van der Waals surface area contributed by atoms with Crippen molar-refractivity contribution in [3.63, 3.8) is 0 Å². The first-order valence-corrected chi connectivity index (χ1v) is 8.25. The highest BCUT2D eigenvalue weighted by atomic mass is 32.2. The lowest BCUT2D eigenvalue weighted by molar-refractivity contribution is -0.138. The van der Waals surface area contributed by atoms with Crippen LogP contribution in [0.4, 0.5) is 13.2 Å². The maximum absolute atomic E-state index is 13.0. The van der Waals surface area contributed by atoms with Crippen LogP contribution < -0.4 is 10.5 Å². The summed E-state index contributed by atoms with van der Waals surface area (Å²) in [6.45, 7) is 1.40. The van der Waals surface area contributed by atoms with Gasteiger partial charge in [0.25, 0.3) is 0 Å². The van der Waals surface area contributed by atoms with Gasteiger partial charge in [0.15, 0.2) is 9.84 Å². The van der Waals surface area contributed by atoms with Gasteiger partial charge in [-0.3, -0.25) is 0 Å². The monoisotopic (exact) mass is 325 g/mol. The van der Waals surface area contributed by atoms with Crippen LogP contribution in [-0.4, -0.2) is 33.1 Å². The third-order valence-corrected chi connectivity index (χ3v) is 4.54. The van der Waals surface area contributed by atoms with Gasteiger partial charge >= 0.3 is 6.18 Å². The highest BCUT2D eigenvalue weighted by Crippen LogP contribution is 2.36. The molecular formula is C13H18F3NO3S. The summed E-state index contributed by atoms with van der Waals surface area (Å²) in [5.74, 6) is -0.752. The molecule has 1 rings (SSSR count). The van der Waals surface area contributed by atoms with Gasteiger partial charge in [-0.25, -0.2) is 8.42 Å². The molecule has 0 fully saturated rings. The van der Waals surface area contributed by atoms with Gasteiger partial charge in [0.2, 0.25) is 0 Å². The van der Waals surface area contributed by atoms with Gasteiger partial charge in [0, 0.05) is 5.75 Å². The minimum absolute atomic E-state index is 0.0715. The molecule has 0 spiro atoms. The molecule has 0 bridgehead atoms. The molecule has 21 heavy (non-hydrogen) atoms. The highest BCUT2D eigenvalue weighted by molar-refractivity contribution is 7.91. The second-order valence-electron chi connectivity index (χ2n) is 4.45. The average molecular weight is 325 g/mol. The van der Waals surface area contributed by atoms with Crippen LogP contribution in [0, 0.1) is 0 Å². The zero-order valence-corrected chi connectivity index (χ0v) is 12.4. The first-order valence-electron chi connectivity index (χ1n) is 6.43. The van der Waals surface area contributed by atoms with E-state index in [9.17, 15) is 21.6 Å². The van der Waals surface area contributed by atoms with E-state index in [1.165, 1.54) is 19.1 Å². The van der Waals surface area contributed by atoms with E-state index in [-0.39, 0.29) is 30.4 Å². The van der Waals surface area contributed by atoms with Crippen LogP contribution >= 0.6 is 0 Å². The molecule has 0 atom stereocenters. The van der Waals surface area contributed by atoms with Gasteiger partial charge in [-0.05, 0) is 30.7 Å². The number of rotatable bonds is 7. The third kappa shape index (κ3) is 5.55. The van der Waals surface area contributed by atoms with Gasteiger partial charge in [0.1, 0.15) is 12.4 Å². The molecule has 1 aromatic rings. The molecule has 0 amide bonds. The van der Waals surface area contributed by atoms with Crippen molar-refractivity contribution in [3.8, 4) is 5.75 Å². The Kier molecular flexibility index (Phi) is 6.03. The van der Waals surface area contributed by atoms with Crippen LogP contribution in [0.15, 0.2) is 18.2 Å². The van der Waals surface area contributed by atoms with Crippen LogP contribution in [0.1, 0.15) is 18.1 Å². The van der Waals surface area contributed by atoms with Crippen LogP contribution in [0.3, 0.4) is 0 Å². The molecule has 0 radical (unpaired) electrons. The molecule has 2 N–H and O–H groups in total. The maximum atomic E-state index is 13.0. The molecule has 0 unspecified atom stereocenters. The predicted octanol–water partition coefficient (Wildman–Crippen LogP) is 2.02. The molecule has 8 heteroatoms. The number of nitrogens with two attached hydrogens (primary N) is 1. The van der Waals surface area contributed by atoms with Crippen LogP contribution in [0.25, 0.3) is 0 Å². The van der Waals surface area contributed by atoms with Gasteiger partial charge in [0.05, 0.1) is 11.3 Å². The number of sulfone groups is 1. The summed E-state index contributed by atoms with van der Waals surface area (Å²) < 4.78 is 66.5. The molecule has 0 aliphatic heterocycles. The van der Waals surface area contributed by atoms with Crippen molar-refractivity contribution in [2.45, 2.75) is 19.5 Å². The zero-order valence-electron chi connectivity index (χ0n) is 11.6. The smallest absolute Gasteiger partial charge is 0.419 e. The molecule has 1 aromatic carbocycles. The lowest BCUT2D eigenvalue weighted by Crippen LogP contribution is -2.17. The minimum Gasteiger partial charge on any atom is -0.492 e. The van der Waals surface area contributed by atoms with E-state index in [4.69, 9.17) is 10.5 Å². The first kappa shape index (κ1) is 17.8. The van der Waals surface area contributed by atoms with E-state index in [2.05, 4.69) is 0 Å². The van der Waals surface area contributed by atoms with Crippen LogP contribution in [0.5, 0.6) is 5.75 Å². The first-order chi connectivity index (χ1) is 9.69. The Morgan fingerprint density at radius 3 is 2.48 bits per heavy atom. The summed E-state index contributed by atoms with van der Waals surface area (Å²) in [6.07, 6.45) is -4.24.